The quantitative estimate of drug-likeness (QED) is 0.177. The molecular weight excluding hydrogens is 586 g/mol. The third kappa shape index (κ3) is 7.44. The monoisotopic (exact) mass is 625 g/mol. The zero-order chi connectivity index (χ0) is 32.0. The van der Waals surface area contributed by atoms with Crippen molar-refractivity contribution in [2.75, 3.05) is 25.5 Å². The predicted octanol–water partition coefficient (Wildman–Crippen LogP) is 2.14. The second kappa shape index (κ2) is 14.0. The largest absolute Gasteiger partial charge is 0.468 e. The Kier molecular flexibility index (Phi) is 10.4. The lowest BCUT2D eigenvalue weighted by Crippen LogP contribution is -2.49. The van der Waals surface area contributed by atoms with Gasteiger partial charge in [0.25, 0.3) is 5.91 Å². The molecule has 0 radical (unpaired) electrons. The molecule has 236 valence electrons. The van der Waals surface area contributed by atoms with Crippen molar-refractivity contribution in [2.24, 2.45) is 11.7 Å². The SMILES string of the molecule is COC(=O)C(CNC(=O)c1cn(CCCN)c2cc(CNc3ncc[nH]3)ccc2c1=O)NS(=O)(=O)C1=C(C)CC(C)C=C1C. The molecule has 4 rings (SSSR count). The molecule has 0 saturated heterocycles. The molecule has 0 aliphatic heterocycles. The Bertz CT molecular complexity index is 1760. The number of anilines is 1. The van der Waals surface area contributed by atoms with Crippen LogP contribution in [0.3, 0.4) is 0 Å². The summed E-state index contributed by atoms with van der Waals surface area (Å²) in [5.41, 5.74) is 7.87. The van der Waals surface area contributed by atoms with E-state index < -0.39 is 39.9 Å². The van der Waals surface area contributed by atoms with E-state index in [2.05, 4.69) is 25.3 Å². The van der Waals surface area contributed by atoms with Crippen LogP contribution in [0.5, 0.6) is 0 Å². The van der Waals surface area contributed by atoms with E-state index in [4.69, 9.17) is 10.5 Å². The minimum atomic E-state index is -4.13. The lowest BCUT2D eigenvalue weighted by Gasteiger charge is -2.24. The van der Waals surface area contributed by atoms with Crippen molar-refractivity contribution < 1.29 is 22.7 Å². The summed E-state index contributed by atoms with van der Waals surface area (Å²) in [5, 5.41) is 6.05. The molecule has 1 amide bonds. The molecular formula is C30H39N7O6S. The highest BCUT2D eigenvalue weighted by atomic mass is 32.2. The van der Waals surface area contributed by atoms with Gasteiger partial charge in [0, 0.05) is 43.6 Å². The summed E-state index contributed by atoms with van der Waals surface area (Å²) >= 11 is 0. The number of pyridine rings is 1. The summed E-state index contributed by atoms with van der Waals surface area (Å²) in [6, 6.07) is 3.89. The fraction of sp³-hybridized carbons (Fsp3) is 0.400. The maximum Gasteiger partial charge on any atom is 0.325 e. The number of esters is 1. The molecule has 0 spiro atoms. The molecule has 6 N–H and O–H groups in total. The number of benzene rings is 1. The molecule has 0 fully saturated rings. The molecule has 3 aromatic rings. The number of nitrogens with zero attached hydrogens (tertiary/aromatic N) is 2. The number of carbonyl (C=O) groups excluding carboxylic acids is 2. The first kappa shape index (κ1) is 32.6. The van der Waals surface area contributed by atoms with Gasteiger partial charge in [-0.3, -0.25) is 14.4 Å². The van der Waals surface area contributed by atoms with E-state index in [1.807, 2.05) is 19.1 Å². The van der Waals surface area contributed by atoms with Crippen LogP contribution in [0.25, 0.3) is 10.9 Å². The molecule has 1 aliphatic rings. The Balaban J connectivity index is 1.58. The van der Waals surface area contributed by atoms with Crippen molar-refractivity contribution in [1.29, 1.82) is 0 Å². The van der Waals surface area contributed by atoms with E-state index in [1.54, 1.807) is 42.9 Å². The van der Waals surface area contributed by atoms with Crippen LogP contribution in [0, 0.1) is 5.92 Å². The summed E-state index contributed by atoms with van der Waals surface area (Å²) in [6.45, 7) is 6.31. The van der Waals surface area contributed by atoms with Gasteiger partial charge in [-0.15, -0.1) is 0 Å². The molecule has 1 aromatic carbocycles. The Morgan fingerprint density at radius 1 is 1.27 bits per heavy atom. The number of hydrogen-bond acceptors (Lipinski definition) is 9. The van der Waals surface area contributed by atoms with Gasteiger partial charge in [0.2, 0.25) is 15.5 Å². The number of allylic oxidation sites excluding steroid dienone is 3. The Morgan fingerprint density at radius 2 is 2.05 bits per heavy atom. The van der Waals surface area contributed by atoms with Crippen LogP contribution in [0.4, 0.5) is 5.95 Å². The van der Waals surface area contributed by atoms with Gasteiger partial charge < -0.3 is 30.7 Å². The Labute approximate surface area is 256 Å². The molecule has 14 heteroatoms. The minimum absolute atomic E-state index is 0.117. The summed E-state index contributed by atoms with van der Waals surface area (Å²) in [5.74, 6) is -0.844. The number of methoxy groups -OCH3 is 1. The lowest BCUT2D eigenvalue weighted by atomic mass is 9.93. The van der Waals surface area contributed by atoms with E-state index in [-0.39, 0.29) is 16.4 Å². The predicted molar refractivity (Wildman–Crippen MR) is 168 cm³/mol. The van der Waals surface area contributed by atoms with E-state index in [0.717, 1.165) is 12.7 Å². The summed E-state index contributed by atoms with van der Waals surface area (Å²) in [4.78, 5) is 46.6. The van der Waals surface area contributed by atoms with Gasteiger partial charge in [-0.2, -0.15) is 4.72 Å². The van der Waals surface area contributed by atoms with E-state index in [1.165, 1.54) is 6.20 Å². The normalized spacial score (nSPS) is 16.0. The number of sulfonamides is 1. The highest BCUT2D eigenvalue weighted by Gasteiger charge is 2.32. The van der Waals surface area contributed by atoms with Crippen LogP contribution in [0.15, 0.2) is 63.7 Å². The van der Waals surface area contributed by atoms with Gasteiger partial charge in [-0.1, -0.05) is 24.6 Å². The van der Waals surface area contributed by atoms with Crippen molar-refractivity contribution in [3.63, 3.8) is 0 Å². The number of nitrogens with two attached hydrogens (primary N) is 1. The molecule has 1 aliphatic carbocycles. The van der Waals surface area contributed by atoms with Gasteiger partial charge in [-0.25, -0.2) is 13.4 Å². The number of aromatic nitrogens is 3. The smallest absolute Gasteiger partial charge is 0.325 e. The number of nitrogens with one attached hydrogen (secondary N) is 4. The summed E-state index contributed by atoms with van der Waals surface area (Å²) < 4.78 is 35.7. The molecule has 2 aromatic heterocycles. The third-order valence-electron chi connectivity index (χ3n) is 7.38. The average Bonchev–Trinajstić information content (AvgIpc) is 3.50. The number of hydrogen-bond donors (Lipinski definition) is 5. The second-order valence-electron chi connectivity index (χ2n) is 10.9. The zero-order valence-electron chi connectivity index (χ0n) is 25.3. The molecule has 13 nitrogen and oxygen atoms in total. The van der Waals surface area contributed by atoms with Gasteiger partial charge in [-0.05, 0) is 62.4 Å². The number of amides is 1. The number of H-pyrrole nitrogens is 1. The average molecular weight is 626 g/mol. The first-order valence-corrected chi connectivity index (χ1v) is 15.8. The van der Waals surface area contributed by atoms with Crippen LogP contribution >= 0.6 is 0 Å². The van der Waals surface area contributed by atoms with Gasteiger partial charge in [0.1, 0.15) is 11.6 Å². The standard InChI is InChI=1S/C30H39N7O6S/c1-18-12-19(2)27(20(3)13-18)44(41,42)36-24(29(40)43-4)16-34-28(39)23-17-37(11-5-8-31)25-14-21(6-7-22(25)26(23)38)15-35-30-32-9-10-33-30/h6-7,9-10,12,14,17-18,24,36H,5,8,11,13,15-16,31H2,1-4H3,(H,34,39)(H2,32,33,35). The van der Waals surface area contributed by atoms with Crippen LogP contribution in [0.1, 0.15) is 49.5 Å². The van der Waals surface area contributed by atoms with Crippen molar-refractivity contribution in [3.8, 4) is 0 Å². The number of aryl methyl sites for hydroxylation is 1. The maximum absolute atomic E-state index is 13.5. The summed E-state index contributed by atoms with van der Waals surface area (Å²) in [7, 11) is -3.00. The number of fused-ring (bicyclic) bond motifs is 1. The summed E-state index contributed by atoms with van der Waals surface area (Å²) in [6.07, 6.45) is 7.83. The van der Waals surface area contributed by atoms with Crippen molar-refractivity contribution >= 4 is 38.8 Å². The lowest BCUT2D eigenvalue weighted by molar-refractivity contribution is -0.142. The van der Waals surface area contributed by atoms with Crippen molar-refractivity contribution in [1.82, 2.24) is 24.6 Å². The number of rotatable bonds is 13. The molecule has 0 bridgehead atoms. The van der Waals surface area contributed by atoms with E-state index in [0.29, 0.717) is 60.5 Å². The first-order chi connectivity index (χ1) is 20.9. The van der Waals surface area contributed by atoms with Gasteiger partial charge >= 0.3 is 5.97 Å². The fourth-order valence-electron chi connectivity index (χ4n) is 5.47. The van der Waals surface area contributed by atoms with Crippen LogP contribution in [-0.2, 0) is 32.6 Å². The molecule has 2 heterocycles. The highest BCUT2D eigenvalue weighted by Crippen LogP contribution is 2.31. The molecule has 2 unspecified atom stereocenters. The van der Waals surface area contributed by atoms with Gasteiger partial charge in [0.15, 0.2) is 5.95 Å². The third-order valence-corrected chi connectivity index (χ3v) is 9.18. The van der Waals surface area contributed by atoms with Gasteiger partial charge in [0.05, 0.1) is 17.5 Å². The van der Waals surface area contributed by atoms with E-state index in [9.17, 15) is 22.8 Å². The Hall–Kier alpha value is -4.27. The van der Waals surface area contributed by atoms with Crippen molar-refractivity contribution in [2.45, 2.75) is 52.7 Å². The zero-order valence-corrected chi connectivity index (χ0v) is 26.1. The number of aromatic amines is 1. The molecule has 44 heavy (non-hydrogen) atoms. The van der Waals surface area contributed by atoms with E-state index >= 15 is 0 Å². The molecule has 2 atom stereocenters. The van der Waals surface area contributed by atoms with Crippen LogP contribution in [0.2, 0.25) is 0 Å². The second-order valence-corrected chi connectivity index (χ2v) is 12.5. The minimum Gasteiger partial charge on any atom is -0.468 e. The Morgan fingerprint density at radius 3 is 2.70 bits per heavy atom. The number of ether oxygens (including phenoxy) is 1. The number of imidazole rings is 1. The highest BCUT2D eigenvalue weighted by molar-refractivity contribution is 7.93. The van der Waals surface area contributed by atoms with Crippen LogP contribution in [-0.4, -0.2) is 61.1 Å². The fourth-order valence-corrected chi connectivity index (χ4v) is 7.17. The molecule has 0 saturated carbocycles. The number of carbonyl (C=O) groups is 2. The van der Waals surface area contributed by atoms with Crippen molar-refractivity contribution in [3.05, 3.63) is 80.3 Å². The first-order valence-electron chi connectivity index (χ1n) is 14.3. The maximum atomic E-state index is 13.5. The van der Waals surface area contributed by atoms with Crippen LogP contribution < -0.4 is 26.5 Å². The topological polar surface area (TPSA) is 190 Å².